The highest BCUT2D eigenvalue weighted by atomic mass is 28.3. The number of alkyl halides is 1. The van der Waals surface area contributed by atoms with Gasteiger partial charge in [0.25, 0.3) is 0 Å². The van der Waals surface area contributed by atoms with Crippen LogP contribution in [0.1, 0.15) is 66.4 Å². The monoisotopic (exact) mass is 832 g/mol. The number of rotatable bonds is 12. The summed E-state index contributed by atoms with van der Waals surface area (Å²) in [6.45, 7) is 16.6. The normalized spacial score (nSPS) is 21.5. The fraction of sp³-hybridized carbons (Fsp3) is 0.578. The van der Waals surface area contributed by atoms with Gasteiger partial charge in [0.15, 0.2) is 12.6 Å². The molecular weight excluding hydrogens is 774 g/mol. The Morgan fingerprint density at radius 2 is 1.78 bits per heavy atom. The second-order valence-corrected chi connectivity index (χ2v) is 23.3. The maximum atomic E-state index is 17.7. The average molecular weight is 833 g/mol. The molecule has 59 heavy (non-hydrogen) atoms. The molecule has 2 aromatic carbocycles. The number of aromatic nitrogens is 3. The van der Waals surface area contributed by atoms with E-state index in [1.165, 1.54) is 13.2 Å². The molecule has 3 saturated heterocycles. The van der Waals surface area contributed by atoms with Crippen molar-refractivity contribution in [2.75, 3.05) is 78.9 Å². The van der Waals surface area contributed by atoms with Crippen LogP contribution in [0, 0.1) is 23.1 Å². The minimum Gasteiger partial charge on any atom is -0.468 e. The Hall–Kier alpha value is -4.00. The molecule has 3 aliphatic heterocycles. The fourth-order valence-electron chi connectivity index (χ4n) is 10.00. The number of benzene rings is 2. The van der Waals surface area contributed by atoms with E-state index in [-0.39, 0.29) is 42.2 Å². The van der Waals surface area contributed by atoms with Gasteiger partial charge >= 0.3 is 6.01 Å². The third-order valence-electron chi connectivity index (χ3n) is 13.1. The van der Waals surface area contributed by atoms with Gasteiger partial charge in [-0.15, -0.1) is 5.54 Å². The predicted molar refractivity (Wildman–Crippen MR) is 230 cm³/mol. The summed E-state index contributed by atoms with van der Waals surface area (Å²) in [6.07, 6.45) is 2.77. The Morgan fingerprint density at radius 3 is 2.49 bits per heavy atom. The number of halogens is 3. The van der Waals surface area contributed by atoms with Crippen LogP contribution in [0.15, 0.2) is 30.5 Å². The van der Waals surface area contributed by atoms with Gasteiger partial charge < -0.3 is 28.7 Å². The van der Waals surface area contributed by atoms with Gasteiger partial charge in [-0.1, -0.05) is 53.5 Å². The minimum absolute atomic E-state index is 0.00313. The standard InChI is InChI=1S/C45H59F3N6O4Si/c1-28(2)59(29(3)4,30(5)6)18-13-35-38(47)12-11-31-19-34(58-27-55-9)20-36(39(31)35)41-40(48)42-37(22-49-41)43(53-16-17-56-25-33(24-53)52(7)8)51-44(50-42)57-26-45-14-10-15-54(45)23-32(46)21-45/h11-12,19-20,22,28-30,32-33H,10,14-17,21,23-27H2,1-9H3/t32-,33?,45+/m1/s1. The van der Waals surface area contributed by atoms with Crippen molar-refractivity contribution in [3.8, 4) is 34.5 Å². The molecule has 3 fully saturated rings. The van der Waals surface area contributed by atoms with Crippen molar-refractivity contribution in [3.63, 3.8) is 0 Å². The predicted octanol–water partition coefficient (Wildman–Crippen LogP) is 8.40. The maximum Gasteiger partial charge on any atom is 0.319 e. The first kappa shape index (κ1) is 43.1. The maximum absolute atomic E-state index is 17.7. The van der Waals surface area contributed by atoms with Gasteiger partial charge in [0.2, 0.25) is 0 Å². The van der Waals surface area contributed by atoms with E-state index < -0.39 is 31.4 Å². The largest absolute Gasteiger partial charge is 0.468 e. The van der Waals surface area contributed by atoms with Gasteiger partial charge in [-0.05, 0) is 73.7 Å². The van der Waals surface area contributed by atoms with Gasteiger partial charge in [0.05, 0.1) is 35.7 Å². The van der Waals surface area contributed by atoms with Crippen LogP contribution in [0.5, 0.6) is 11.8 Å². The Labute approximate surface area is 347 Å². The highest BCUT2D eigenvalue weighted by Gasteiger charge is 2.49. The molecule has 0 amide bonds. The number of hydrogen-bond donors (Lipinski definition) is 0. The van der Waals surface area contributed by atoms with Crippen LogP contribution in [-0.4, -0.2) is 125 Å². The highest BCUT2D eigenvalue weighted by molar-refractivity contribution is 6.90. The number of methoxy groups -OCH3 is 1. The lowest BCUT2D eigenvalue weighted by Crippen LogP contribution is -2.43. The molecule has 10 nitrogen and oxygen atoms in total. The molecule has 0 bridgehead atoms. The van der Waals surface area contributed by atoms with Crippen LogP contribution < -0.4 is 14.4 Å². The number of likely N-dealkylation sites (N-methyl/N-ethyl adjacent to an activating group) is 1. The second-order valence-electron chi connectivity index (χ2n) is 17.7. The summed E-state index contributed by atoms with van der Waals surface area (Å²) in [4.78, 5) is 20.7. The Morgan fingerprint density at radius 1 is 1.02 bits per heavy atom. The van der Waals surface area contributed by atoms with E-state index in [1.807, 2.05) is 14.1 Å². The third-order valence-corrected chi connectivity index (χ3v) is 19.4. The highest BCUT2D eigenvalue weighted by Crippen LogP contribution is 2.44. The van der Waals surface area contributed by atoms with Gasteiger partial charge in [0.1, 0.15) is 49.4 Å². The lowest BCUT2D eigenvalue weighted by Gasteiger charge is -2.38. The smallest absolute Gasteiger partial charge is 0.319 e. The molecule has 0 spiro atoms. The van der Waals surface area contributed by atoms with E-state index in [2.05, 4.69) is 67.7 Å². The molecule has 3 atom stereocenters. The molecule has 5 heterocycles. The van der Waals surface area contributed by atoms with E-state index in [0.29, 0.717) is 89.2 Å². The summed E-state index contributed by atoms with van der Waals surface area (Å²) < 4.78 is 72.2. The van der Waals surface area contributed by atoms with E-state index in [0.717, 1.165) is 19.4 Å². The molecule has 2 aromatic heterocycles. The van der Waals surface area contributed by atoms with Crippen molar-refractivity contribution in [2.45, 2.75) is 95.2 Å². The lowest BCUT2D eigenvalue weighted by molar-refractivity contribution is 0.0512. The van der Waals surface area contributed by atoms with Gasteiger partial charge in [-0.3, -0.25) is 9.88 Å². The number of pyridine rings is 1. The topological polar surface area (TPSA) is 85.3 Å². The zero-order valence-electron chi connectivity index (χ0n) is 36.0. The van der Waals surface area contributed by atoms with Crippen molar-refractivity contribution in [1.82, 2.24) is 24.8 Å². The third kappa shape index (κ3) is 8.25. The molecule has 1 unspecified atom stereocenters. The van der Waals surface area contributed by atoms with Crippen LogP contribution in [0.2, 0.25) is 16.6 Å². The summed E-state index contributed by atoms with van der Waals surface area (Å²) >= 11 is 0. The summed E-state index contributed by atoms with van der Waals surface area (Å²) in [5.41, 5.74) is 4.62. The fourth-order valence-corrected chi connectivity index (χ4v) is 15.2. The SMILES string of the molecule is COCOc1cc(-c2ncc3c(N4CCOCC(N(C)C)C4)nc(OC[C@@]45CCCN4C[C@H](F)C5)nc3c2F)c2c(C#C[Si](C(C)C)(C(C)C)C(C)C)c(F)ccc2c1. The van der Waals surface area contributed by atoms with E-state index in [9.17, 15) is 4.39 Å². The first-order valence-corrected chi connectivity index (χ1v) is 23.2. The molecule has 0 radical (unpaired) electrons. The van der Waals surface area contributed by atoms with Crippen molar-refractivity contribution < 1.29 is 32.1 Å². The molecule has 7 rings (SSSR count). The average Bonchev–Trinajstić information content (AvgIpc) is 3.59. The summed E-state index contributed by atoms with van der Waals surface area (Å²) in [6, 6.07) is 6.53. The lowest BCUT2D eigenvalue weighted by atomic mass is 9.95. The molecule has 0 aliphatic carbocycles. The van der Waals surface area contributed by atoms with Crippen molar-refractivity contribution >= 4 is 35.6 Å². The molecular formula is C45H59F3N6O4Si. The zero-order valence-corrected chi connectivity index (χ0v) is 37.0. The molecule has 3 aliphatic rings. The Balaban J connectivity index is 1.44. The first-order chi connectivity index (χ1) is 28.2. The molecule has 14 heteroatoms. The van der Waals surface area contributed by atoms with Crippen LogP contribution in [0.25, 0.3) is 32.9 Å². The van der Waals surface area contributed by atoms with Crippen molar-refractivity contribution in [3.05, 3.63) is 47.7 Å². The van der Waals surface area contributed by atoms with Crippen molar-refractivity contribution in [1.29, 1.82) is 0 Å². The van der Waals surface area contributed by atoms with Gasteiger partial charge in [0, 0.05) is 50.3 Å². The molecule has 0 N–H and O–H groups in total. The zero-order chi connectivity index (χ0) is 42.2. The summed E-state index contributed by atoms with van der Waals surface area (Å²) in [5.74, 6) is 2.97. The minimum atomic E-state index is -2.30. The van der Waals surface area contributed by atoms with Gasteiger partial charge in [-0.2, -0.15) is 9.97 Å². The molecule has 0 saturated carbocycles. The van der Waals surface area contributed by atoms with Crippen molar-refractivity contribution in [2.24, 2.45) is 0 Å². The van der Waals surface area contributed by atoms with E-state index in [1.54, 1.807) is 24.4 Å². The number of fused-ring (bicyclic) bond motifs is 3. The number of nitrogens with zero attached hydrogens (tertiary/aromatic N) is 6. The van der Waals surface area contributed by atoms with E-state index in [4.69, 9.17) is 33.9 Å². The Bertz CT molecular complexity index is 2210. The number of ether oxygens (including phenoxy) is 4. The van der Waals surface area contributed by atoms with Crippen LogP contribution in [0.4, 0.5) is 19.0 Å². The molecule has 318 valence electrons. The number of hydrogen-bond acceptors (Lipinski definition) is 10. The van der Waals surface area contributed by atoms with Crippen LogP contribution in [0.3, 0.4) is 0 Å². The summed E-state index contributed by atoms with van der Waals surface area (Å²) in [5, 5.41) is 1.44. The van der Waals surface area contributed by atoms with Crippen LogP contribution in [-0.2, 0) is 9.47 Å². The molecule has 4 aromatic rings. The van der Waals surface area contributed by atoms with Crippen LogP contribution >= 0.6 is 0 Å². The van der Waals surface area contributed by atoms with Gasteiger partial charge in [-0.25, -0.2) is 13.2 Å². The quantitative estimate of drug-likeness (QED) is 0.0789. The first-order valence-electron chi connectivity index (χ1n) is 21.0. The number of anilines is 1. The second kappa shape index (κ2) is 17.5. The van der Waals surface area contributed by atoms with E-state index >= 15 is 8.78 Å². The Kier molecular flexibility index (Phi) is 12.8. The summed E-state index contributed by atoms with van der Waals surface area (Å²) in [7, 11) is 3.21.